The van der Waals surface area contributed by atoms with E-state index in [1.165, 1.54) is 6.20 Å². The Hall–Kier alpha value is -1.74. The molecule has 1 aliphatic heterocycles. The molecule has 2 heterocycles. The number of hydrogen-bond acceptors (Lipinski definition) is 6. The van der Waals surface area contributed by atoms with Gasteiger partial charge >= 0.3 is 10.5 Å². The zero-order chi connectivity index (χ0) is 16.4. The van der Waals surface area contributed by atoms with E-state index in [0.29, 0.717) is 26.1 Å². The minimum Gasteiger partial charge on any atom is -0.381 e. The number of carbonyl (C=O) groups is 1. The molecule has 0 unspecified atom stereocenters. The van der Waals surface area contributed by atoms with Crippen molar-refractivity contribution in [1.29, 1.82) is 0 Å². The van der Waals surface area contributed by atoms with Gasteiger partial charge in [0.05, 0.1) is 11.8 Å². The van der Waals surface area contributed by atoms with Crippen LogP contribution < -0.4 is 4.18 Å². The average molecular weight is 332 g/mol. The van der Waals surface area contributed by atoms with E-state index < -0.39 is 10.5 Å². The van der Waals surface area contributed by atoms with Gasteiger partial charge in [-0.1, -0.05) is 3.89 Å². The molecule has 1 saturated heterocycles. The molecule has 0 atom stereocenters. The van der Waals surface area contributed by atoms with Crippen LogP contribution in [0.25, 0.3) is 0 Å². The van der Waals surface area contributed by atoms with Gasteiger partial charge in [0.25, 0.3) is 5.91 Å². The van der Waals surface area contributed by atoms with E-state index >= 15 is 0 Å². The molecule has 0 saturated carbocycles. The van der Waals surface area contributed by atoms with Gasteiger partial charge in [0.15, 0.2) is 5.75 Å². The molecule has 0 N–H and O–H groups in total. The van der Waals surface area contributed by atoms with Crippen LogP contribution >= 0.6 is 0 Å². The number of ether oxygens (including phenoxy) is 1. The predicted molar refractivity (Wildman–Crippen MR) is 75.4 cm³/mol. The summed E-state index contributed by atoms with van der Waals surface area (Å²) in [6, 6.07) is 1.14. The smallest absolute Gasteiger partial charge is 0.381 e. The van der Waals surface area contributed by atoms with E-state index in [1.54, 1.807) is 11.9 Å². The lowest BCUT2D eigenvalue weighted by molar-refractivity contribution is -0.00284. The van der Waals surface area contributed by atoms with Crippen LogP contribution in [0, 0.1) is 0 Å². The summed E-state index contributed by atoms with van der Waals surface area (Å²) in [6.45, 7) is 3.08. The molecule has 1 aliphatic rings. The fraction of sp³-hybridized carbons (Fsp3) is 0.538. The first-order chi connectivity index (χ1) is 10.2. The molecule has 0 aromatic carbocycles. The van der Waals surface area contributed by atoms with E-state index in [4.69, 9.17) is 4.74 Å². The Morgan fingerprint density at radius 3 is 2.64 bits per heavy atom. The molecule has 2 rings (SSSR count). The lowest BCUT2D eigenvalue weighted by atomic mass is 9.90. The van der Waals surface area contributed by atoms with Crippen LogP contribution in [0.3, 0.4) is 0 Å². The fourth-order valence-electron chi connectivity index (χ4n) is 2.28. The monoisotopic (exact) mass is 332 g/mol. The maximum Gasteiger partial charge on any atom is 0.488 e. The molecular formula is C13H17FN2O5S. The second-order valence-electron chi connectivity index (χ2n) is 5.36. The zero-order valence-electron chi connectivity index (χ0n) is 12.3. The van der Waals surface area contributed by atoms with E-state index in [9.17, 15) is 17.1 Å². The Bertz CT molecular complexity index is 658. The number of amides is 1. The molecule has 1 aromatic heterocycles. The Labute approximate surface area is 128 Å². The number of hydrogen-bond donors (Lipinski definition) is 0. The van der Waals surface area contributed by atoms with Gasteiger partial charge in [-0.15, -0.1) is 0 Å². The van der Waals surface area contributed by atoms with E-state index in [0.717, 1.165) is 12.3 Å². The second kappa shape index (κ2) is 6.17. The molecule has 1 fully saturated rings. The van der Waals surface area contributed by atoms with Gasteiger partial charge in [0.1, 0.15) is 0 Å². The van der Waals surface area contributed by atoms with Gasteiger partial charge < -0.3 is 13.8 Å². The summed E-state index contributed by atoms with van der Waals surface area (Å²) < 4.78 is 42.9. The van der Waals surface area contributed by atoms with Gasteiger partial charge in [-0.3, -0.25) is 9.78 Å². The lowest BCUT2D eigenvalue weighted by Crippen LogP contribution is -2.50. The van der Waals surface area contributed by atoms with Crippen LogP contribution in [0.5, 0.6) is 5.75 Å². The summed E-state index contributed by atoms with van der Waals surface area (Å²) >= 11 is 0. The highest BCUT2D eigenvalue weighted by Gasteiger charge is 2.35. The van der Waals surface area contributed by atoms with Gasteiger partial charge in [-0.25, -0.2) is 0 Å². The molecule has 0 aliphatic carbocycles. The number of halogens is 1. The first kappa shape index (κ1) is 16.6. The van der Waals surface area contributed by atoms with Crippen molar-refractivity contribution in [1.82, 2.24) is 9.88 Å². The molecular weight excluding hydrogens is 315 g/mol. The van der Waals surface area contributed by atoms with Crippen LogP contribution in [0.15, 0.2) is 18.5 Å². The van der Waals surface area contributed by atoms with E-state index in [-0.39, 0.29) is 22.8 Å². The van der Waals surface area contributed by atoms with Crippen molar-refractivity contribution in [3.05, 3.63) is 24.0 Å². The maximum atomic E-state index is 12.5. The predicted octanol–water partition coefficient (Wildman–Crippen LogP) is 1.32. The Kier molecular flexibility index (Phi) is 4.66. The molecule has 122 valence electrons. The van der Waals surface area contributed by atoms with Crippen molar-refractivity contribution in [2.24, 2.45) is 0 Å². The summed E-state index contributed by atoms with van der Waals surface area (Å²) in [5.74, 6) is -0.697. The first-order valence-corrected chi connectivity index (χ1v) is 7.97. The van der Waals surface area contributed by atoms with Crippen molar-refractivity contribution in [2.75, 3.05) is 20.3 Å². The molecule has 22 heavy (non-hydrogen) atoms. The molecule has 1 aromatic rings. The summed E-state index contributed by atoms with van der Waals surface area (Å²) in [4.78, 5) is 17.8. The highest BCUT2D eigenvalue weighted by Crippen LogP contribution is 2.28. The van der Waals surface area contributed by atoms with Crippen molar-refractivity contribution >= 4 is 16.4 Å². The van der Waals surface area contributed by atoms with Gasteiger partial charge in [0.2, 0.25) is 0 Å². The number of nitrogens with zero attached hydrogens (tertiary/aromatic N) is 2. The molecule has 0 radical (unpaired) electrons. The molecule has 9 heteroatoms. The molecule has 1 amide bonds. The topological polar surface area (TPSA) is 85.8 Å². The highest BCUT2D eigenvalue weighted by atomic mass is 32.3. The zero-order valence-corrected chi connectivity index (χ0v) is 13.1. The van der Waals surface area contributed by atoms with E-state index in [2.05, 4.69) is 9.17 Å². The Morgan fingerprint density at radius 1 is 1.41 bits per heavy atom. The third kappa shape index (κ3) is 3.92. The normalized spacial score (nSPS) is 17.8. The maximum absolute atomic E-state index is 12.5. The number of pyridine rings is 1. The quantitative estimate of drug-likeness (QED) is 0.773. The minimum atomic E-state index is -5.15. The Balaban J connectivity index is 2.20. The highest BCUT2D eigenvalue weighted by molar-refractivity contribution is 7.81. The molecule has 0 bridgehead atoms. The number of carbonyl (C=O) groups excluding carboxylic acids is 1. The molecule has 0 spiro atoms. The van der Waals surface area contributed by atoms with Gasteiger partial charge in [0, 0.05) is 32.0 Å². The summed E-state index contributed by atoms with van der Waals surface area (Å²) in [7, 11) is -3.49. The summed E-state index contributed by atoms with van der Waals surface area (Å²) in [6.07, 6.45) is 3.68. The van der Waals surface area contributed by atoms with Crippen molar-refractivity contribution in [3.8, 4) is 5.75 Å². The Morgan fingerprint density at radius 2 is 2.05 bits per heavy atom. The van der Waals surface area contributed by atoms with Crippen molar-refractivity contribution in [3.63, 3.8) is 0 Å². The number of aromatic nitrogens is 1. The SMILES string of the molecule is CN(C(=O)c1cncc(OS(=O)(=O)F)c1)C1(C)CCOCC1. The van der Waals surface area contributed by atoms with Gasteiger partial charge in [-0.05, 0) is 25.8 Å². The summed E-state index contributed by atoms with van der Waals surface area (Å²) in [5.41, 5.74) is -0.241. The lowest BCUT2D eigenvalue weighted by Gasteiger charge is -2.41. The van der Waals surface area contributed by atoms with Crippen LogP contribution in [-0.2, 0) is 15.2 Å². The second-order valence-corrected chi connectivity index (χ2v) is 6.31. The largest absolute Gasteiger partial charge is 0.488 e. The minimum absolute atomic E-state index is 0.122. The van der Waals surface area contributed by atoms with Crippen LogP contribution in [0.4, 0.5) is 3.89 Å². The first-order valence-electron chi connectivity index (χ1n) is 6.66. The van der Waals surface area contributed by atoms with Crippen LogP contribution in [0.1, 0.15) is 30.1 Å². The summed E-state index contributed by atoms with van der Waals surface area (Å²) in [5, 5.41) is 0. The van der Waals surface area contributed by atoms with Crippen molar-refractivity contribution in [2.45, 2.75) is 25.3 Å². The third-order valence-electron chi connectivity index (χ3n) is 3.84. The molecule has 7 nitrogen and oxygen atoms in total. The van der Waals surface area contributed by atoms with Crippen molar-refractivity contribution < 1.29 is 26.0 Å². The third-order valence-corrected chi connectivity index (χ3v) is 4.23. The van der Waals surface area contributed by atoms with E-state index in [1.807, 2.05) is 6.92 Å². The fourth-order valence-corrected chi connectivity index (χ4v) is 2.60. The van der Waals surface area contributed by atoms with Crippen LogP contribution in [-0.4, -0.2) is 50.0 Å². The number of rotatable bonds is 4. The van der Waals surface area contributed by atoms with Crippen LogP contribution in [0.2, 0.25) is 0 Å². The van der Waals surface area contributed by atoms with Gasteiger partial charge in [-0.2, -0.15) is 8.42 Å². The standard InChI is InChI=1S/C13H17FN2O5S/c1-13(3-5-20-6-4-13)16(2)12(17)10-7-11(9-15-8-10)21-22(14,18)19/h7-9H,3-6H2,1-2H3. The average Bonchev–Trinajstić information content (AvgIpc) is 2.45.